The summed E-state index contributed by atoms with van der Waals surface area (Å²) in [5, 5.41) is 0.252. The lowest BCUT2D eigenvalue weighted by Crippen LogP contribution is -2.25. The van der Waals surface area contributed by atoms with E-state index in [9.17, 15) is 9.59 Å². The SMILES string of the molecule is COC(=O)C(Cc1ccc(OC)c(OC)c1Cl)=NC(=O)OC(C)(C)C. The van der Waals surface area contributed by atoms with Crippen LogP contribution in [0.2, 0.25) is 5.02 Å². The summed E-state index contributed by atoms with van der Waals surface area (Å²) >= 11 is 6.30. The average Bonchev–Trinajstić information content (AvgIpc) is 2.52. The van der Waals surface area contributed by atoms with E-state index in [0.29, 0.717) is 17.1 Å². The molecule has 1 aromatic rings. The third-order valence-electron chi connectivity index (χ3n) is 2.96. The van der Waals surface area contributed by atoms with Crippen LogP contribution in [0, 0.1) is 0 Å². The predicted molar refractivity (Wildman–Crippen MR) is 93.9 cm³/mol. The third kappa shape index (κ3) is 5.94. The van der Waals surface area contributed by atoms with Gasteiger partial charge in [-0.2, -0.15) is 4.99 Å². The summed E-state index contributed by atoms with van der Waals surface area (Å²) in [5.74, 6) is 0.0137. The molecule has 0 aliphatic rings. The van der Waals surface area contributed by atoms with Crippen LogP contribution in [0.3, 0.4) is 0 Å². The zero-order chi connectivity index (χ0) is 19.2. The Hall–Kier alpha value is -2.28. The van der Waals surface area contributed by atoms with Gasteiger partial charge in [0, 0.05) is 6.42 Å². The Bertz CT molecular complexity index is 678. The lowest BCUT2D eigenvalue weighted by molar-refractivity contribution is -0.132. The summed E-state index contributed by atoms with van der Waals surface area (Å²) in [7, 11) is 4.13. The minimum absolute atomic E-state index is 0.0366. The highest BCUT2D eigenvalue weighted by molar-refractivity contribution is 6.39. The fourth-order valence-corrected chi connectivity index (χ4v) is 2.22. The quantitative estimate of drug-likeness (QED) is 0.582. The fraction of sp³-hybridized carbons (Fsp3) is 0.471. The van der Waals surface area contributed by atoms with E-state index < -0.39 is 17.7 Å². The summed E-state index contributed by atoms with van der Waals surface area (Å²) in [6, 6.07) is 3.29. The first-order valence-electron chi connectivity index (χ1n) is 7.41. The Kier molecular flexibility index (Phi) is 7.23. The number of benzene rings is 1. The van der Waals surface area contributed by atoms with Gasteiger partial charge in [0.1, 0.15) is 11.3 Å². The van der Waals surface area contributed by atoms with Crippen LogP contribution < -0.4 is 9.47 Å². The molecule has 0 bridgehead atoms. The van der Waals surface area contributed by atoms with Gasteiger partial charge in [0.2, 0.25) is 0 Å². The number of halogens is 1. The Morgan fingerprint density at radius 1 is 1.12 bits per heavy atom. The van der Waals surface area contributed by atoms with Gasteiger partial charge < -0.3 is 18.9 Å². The molecule has 0 heterocycles. The summed E-state index contributed by atoms with van der Waals surface area (Å²) in [4.78, 5) is 27.6. The maximum Gasteiger partial charge on any atom is 0.434 e. The Morgan fingerprint density at radius 2 is 1.76 bits per heavy atom. The van der Waals surface area contributed by atoms with Gasteiger partial charge >= 0.3 is 12.1 Å². The largest absolute Gasteiger partial charge is 0.493 e. The number of rotatable bonds is 5. The number of nitrogens with zero attached hydrogens (tertiary/aromatic N) is 1. The molecule has 0 atom stereocenters. The van der Waals surface area contributed by atoms with Gasteiger partial charge in [0.05, 0.1) is 26.4 Å². The van der Waals surface area contributed by atoms with Crippen LogP contribution in [0.15, 0.2) is 17.1 Å². The number of methoxy groups -OCH3 is 3. The highest BCUT2D eigenvalue weighted by Gasteiger charge is 2.22. The number of hydrogen-bond donors (Lipinski definition) is 0. The maximum atomic E-state index is 11.9. The molecule has 0 radical (unpaired) electrons. The number of carbonyl (C=O) groups excluding carboxylic acids is 2. The topological polar surface area (TPSA) is 83.4 Å². The van der Waals surface area contributed by atoms with Gasteiger partial charge in [-0.05, 0) is 32.4 Å². The molecule has 8 heteroatoms. The third-order valence-corrected chi connectivity index (χ3v) is 3.38. The van der Waals surface area contributed by atoms with Crippen LogP contribution >= 0.6 is 11.6 Å². The molecule has 25 heavy (non-hydrogen) atoms. The highest BCUT2D eigenvalue weighted by Crippen LogP contribution is 2.37. The molecular weight excluding hydrogens is 350 g/mol. The zero-order valence-electron chi connectivity index (χ0n) is 15.1. The van der Waals surface area contributed by atoms with Crippen molar-refractivity contribution >= 4 is 29.4 Å². The van der Waals surface area contributed by atoms with Gasteiger partial charge in [-0.25, -0.2) is 9.59 Å². The highest BCUT2D eigenvalue weighted by atomic mass is 35.5. The molecule has 0 spiro atoms. The van der Waals surface area contributed by atoms with Crippen molar-refractivity contribution in [3.63, 3.8) is 0 Å². The zero-order valence-corrected chi connectivity index (χ0v) is 15.9. The van der Waals surface area contributed by atoms with Crippen molar-refractivity contribution in [2.75, 3.05) is 21.3 Å². The lowest BCUT2D eigenvalue weighted by Gasteiger charge is -2.18. The smallest absolute Gasteiger partial charge is 0.434 e. The molecule has 0 aliphatic heterocycles. The van der Waals surface area contributed by atoms with E-state index in [1.807, 2.05) is 0 Å². The molecule has 1 rings (SSSR count). The predicted octanol–water partition coefficient (Wildman–Crippen LogP) is 3.45. The van der Waals surface area contributed by atoms with Crippen molar-refractivity contribution in [3.8, 4) is 11.5 Å². The molecule has 0 fully saturated rings. The molecule has 138 valence electrons. The average molecular weight is 372 g/mol. The van der Waals surface area contributed by atoms with Crippen LogP contribution in [-0.2, 0) is 20.7 Å². The number of carbonyl (C=O) groups is 2. The van der Waals surface area contributed by atoms with E-state index in [-0.39, 0.29) is 17.2 Å². The van der Waals surface area contributed by atoms with E-state index >= 15 is 0 Å². The minimum Gasteiger partial charge on any atom is -0.493 e. The van der Waals surface area contributed by atoms with Crippen molar-refractivity contribution in [2.45, 2.75) is 32.8 Å². The van der Waals surface area contributed by atoms with E-state index in [1.54, 1.807) is 32.9 Å². The summed E-state index contributed by atoms with van der Waals surface area (Å²) in [6.07, 6.45) is -0.921. The Morgan fingerprint density at radius 3 is 2.24 bits per heavy atom. The van der Waals surface area contributed by atoms with E-state index in [0.717, 1.165) is 0 Å². The van der Waals surface area contributed by atoms with Crippen molar-refractivity contribution in [2.24, 2.45) is 4.99 Å². The van der Waals surface area contributed by atoms with Gasteiger partial charge in [-0.1, -0.05) is 17.7 Å². The maximum absolute atomic E-state index is 11.9. The van der Waals surface area contributed by atoms with Crippen LogP contribution in [0.4, 0.5) is 4.79 Å². The second kappa shape index (κ2) is 8.71. The monoisotopic (exact) mass is 371 g/mol. The van der Waals surface area contributed by atoms with Crippen molar-refractivity contribution in [1.82, 2.24) is 0 Å². The van der Waals surface area contributed by atoms with Gasteiger partial charge in [-0.3, -0.25) is 0 Å². The minimum atomic E-state index is -0.885. The molecule has 0 saturated heterocycles. The van der Waals surface area contributed by atoms with Crippen LogP contribution in [-0.4, -0.2) is 44.7 Å². The van der Waals surface area contributed by atoms with E-state index in [1.165, 1.54) is 21.3 Å². The van der Waals surface area contributed by atoms with E-state index in [4.69, 9.17) is 25.8 Å². The first kappa shape index (κ1) is 20.8. The Balaban J connectivity index is 3.20. The molecular formula is C17H22ClNO6. The number of aliphatic imine (C=N–C) groups is 1. The molecule has 7 nitrogen and oxygen atoms in total. The van der Waals surface area contributed by atoms with Crippen molar-refractivity contribution in [1.29, 1.82) is 0 Å². The molecule has 0 saturated carbocycles. The summed E-state index contributed by atoms with van der Waals surface area (Å²) < 4.78 is 20.2. The second-order valence-electron chi connectivity index (χ2n) is 5.98. The molecule has 0 aliphatic carbocycles. The molecule has 0 aromatic heterocycles. The number of esters is 1. The van der Waals surface area contributed by atoms with Gasteiger partial charge in [0.25, 0.3) is 0 Å². The number of hydrogen-bond acceptors (Lipinski definition) is 6. The Labute approximate surface area is 151 Å². The summed E-state index contributed by atoms with van der Waals surface area (Å²) in [6.45, 7) is 5.09. The van der Waals surface area contributed by atoms with Crippen LogP contribution in [0.1, 0.15) is 26.3 Å². The molecule has 1 amide bonds. The molecule has 0 N–H and O–H groups in total. The first-order valence-corrected chi connectivity index (χ1v) is 7.79. The van der Waals surface area contributed by atoms with Crippen LogP contribution in [0.5, 0.6) is 11.5 Å². The number of amides is 1. The van der Waals surface area contributed by atoms with Crippen LogP contribution in [0.25, 0.3) is 0 Å². The fourth-order valence-electron chi connectivity index (χ4n) is 1.92. The summed E-state index contributed by atoms with van der Waals surface area (Å²) in [5.41, 5.74) is -0.346. The van der Waals surface area contributed by atoms with Gasteiger partial charge in [0.15, 0.2) is 11.5 Å². The van der Waals surface area contributed by atoms with Gasteiger partial charge in [-0.15, -0.1) is 0 Å². The normalized spacial score (nSPS) is 11.7. The second-order valence-corrected chi connectivity index (χ2v) is 6.36. The molecule has 0 unspecified atom stereocenters. The lowest BCUT2D eigenvalue weighted by atomic mass is 10.1. The standard InChI is InChI=1S/C17H22ClNO6/c1-17(2,3)25-16(21)19-11(15(20)24-6)9-10-7-8-12(22-4)14(23-5)13(10)18/h7-8H,9H2,1-6H3. The van der Waals surface area contributed by atoms with Crippen molar-refractivity contribution < 1.29 is 28.5 Å². The number of ether oxygens (including phenoxy) is 4. The van der Waals surface area contributed by atoms with Crippen molar-refractivity contribution in [3.05, 3.63) is 22.7 Å². The molecule has 1 aromatic carbocycles. The van der Waals surface area contributed by atoms with E-state index in [2.05, 4.69) is 9.73 Å². The first-order chi connectivity index (χ1) is 11.6.